The maximum atomic E-state index is 14.2. The van der Waals surface area contributed by atoms with Crippen LogP contribution < -0.4 is 18.9 Å². The Labute approximate surface area is 235 Å². The molecule has 1 aliphatic heterocycles. The number of anilines is 1. The fourth-order valence-electron chi connectivity index (χ4n) is 4.38. The van der Waals surface area contributed by atoms with E-state index in [-0.39, 0.29) is 53.5 Å². The molecule has 0 saturated heterocycles. The summed E-state index contributed by atoms with van der Waals surface area (Å²) < 4.78 is 101. The van der Waals surface area contributed by atoms with Crippen LogP contribution in [0.15, 0.2) is 65.6 Å². The third kappa shape index (κ3) is 7.77. The third-order valence-electron chi connectivity index (χ3n) is 6.31. The van der Waals surface area contributed by atoms with Gasteiger partial charge in [-0.2, -0.15) is 8.78 Å². The lowest BCUT2D eigenvalue weighted by Crippen LogP contribution is -2.43. The molecule has 0 aliphatic carbocycles. The van der Waals surface area contributed by atoms with E-state index in [1.54, 1.807) is 19.1 Å². The van der Waals surface area contributed by atoms with Crippen molar-refractivity contribution in [1.29, 1.82) is 0 Å². The van der Waals surface area contributed by atoms with Crippen molar-refractivity contribution >= 4 is 31.5 Å². The van der Waals surface area contributed by atoms with Crippen molar-refractivity contribution in [1.82, 2.24) is 0 Å². The van der Waals surface area contributed by atoms with Crippen LogP contribution >= 0.6 is 0 Å². The number of alkyl halides is 2. The highest BCUT2D eigenvalue weighted by atomic mass is 32.2. The molecule has 41 heavy (non-hydrogen) atoms. The monoisotopic (exact) mass is 612 g/mol. The fraction of sp³-hybridized carbons (Fsp3) is 0.296. The molecule has 2 N–H and O–H groups in total. The smallest absolute Gasteiger partial charge is 0.387 e. The Bertz CT molecular complexity index is 1670. The first-order chi connectivity index (χ1) is 19.2. The Morgan fingerprint density at radius 1 is 1.05 bits per heavy atom. The molecule has 0 unspecified atom stereocenters. The minimum absolute atomic E-state index is 0.0112. The molecular formula is C27H27F3N2O7S2. The van der Waals surface area contributed by atoms with Crippen molar-refractivity contribution in [3.8, 4) is 22.6 Å². The molecule has 0 aromatic heterocycles. The molecular weight excluding hydrogens is 585 g/mol. The van der Waals surface area contributed by atoms with E-state index in [0.717, 1.165) is 16.4 Å². The van der Waals surface area contributed by atoms with Gasteiger partial charge in [-0.3, -0.25) is 9.10 Å². The minimum Gasteiger partial charge on any atom is -0.486 e. The van der Waals surface area contributed by atoms with Crippen molar-refractivity contribution in [2.75, 3.05) is 16.6 Å². The van der Waals surface area contributed by atoms with Gasteiger partial charge in [0.25, 0.3) is 10.0 Å². The Balaban J connectivity index is 1.70. The number of primary sulfonamides is 1. The molecule has 0 amide bonds. The van der Waals surface area contributed by atoms with E-state index >= 15 is 0 Å². The number of nitrogens with zero attached hydrogens (tertiary/aromatic N) is 1. The Morgan fingerprint density at radius 2 is 1.80 bits per heavy atom. The summed E-state index contributed by atoms with van der Waals surface area (Å²) in [6.45, 7) is -1.61. The number of carbonyl (C=O) groups is 1. The summed E-state index contributed by atoms with van der Waals surface area (Å²) in [5.41, 5.74) is 1.31. The molecule has 3 aromatic carbocycles. The highest BCUT2D eigenvalue weighted by Crippen LogP contribution is 2.41. The first-order valence-electron chi connectivity index (χ1n) is 12.4. The van der Waals surface area contributed by atoms with Gasteiger partial charge in [-0.25, -0.2) is 26.4 Å². The van der Waals surface area contributed by atoms with Crippen molar-refractivity contribution in [2.45, 2.75) is 43.8 Å². The van der Waals surface area contributed by atoms with Crippen molar-refractivity contribution in [3.05, 3.63) is 72.0 Å². The summed E-state index contributed by atoms with van der Waals surface area (Å²) in [5, 5.41) is 4.96. The number of hydrogen-bond acceptors (Lipinski definition) is 7. The van der Waals surface area contributed by atoms with Crippen LogP contribution in [0.5, 0.6) is 11.5 Å². The van der Waals surface area contributed by atoms with Gasteiger partial charge in [-0.05, 0) is 66.4 Å². The summed E-state index contributed by atoms with van der Waals surface area (Å²) in [6, 6.07) is 13.8. The van der Waals surface area contributed by atoms with Gasteiger partial charge in [0.2, 0.25) is 10.0 Å². The molecule has 1 aliphatic rings. The number of fused-ring (bicyclic) bond motifs is 1. The van der Waals surface area contributed by atoms with Crippen LogP contribution in [0.3, 0.4) is 0 Å². The first kappa shape index (κ1) is 30.3. The molecule has 9 nitrogen and oxygen atoms in total. The average Bonchev–Trinajstić information content (AvgIpc) is 2.88. The number of ketones is 1. The predicted octanol–water partition coefficient (Wildman–Crippen LogP) is 4.39. The second kappa shape index (κ2) is 12.1. The lowest BCUT2D eigenvalue weighted by atomic mass is 10.0. The quantitative estimate of drug-likeness (QED) is 0.340. The molecule has 1 heterocycles. The normalized spacial score (nSPS) is 15.4. The predicted molar refractivity (Wildman–Crippen MR) is 145 cm³/mol. The standard InChI is InChI=1S/C27H27F3N2O7S2/c1-17-3-2-4-24(11-17)41(36,37)32-16-22(7-6-21(33)9-10-40(31,34)35)38-26-8-5-18(14-25(26)32)19-12-20(28)15-23(13-19)39-27(29)30/h2-5,8,11-15,22,27H,6-7,9-10,16H2,1H3,(H2,31,34,35)/t22-/m0/s1. The van der Waals surface area contributed by atoms with E-state index in [9.17, 15) is 34.8 Å². The van der Waals surface area contributed by atoms with Crippen LogP contribution in [0, 0.1) is 12.7 Å². The summed E-state index contributed by atoms with van der Waals surface area (Å²) in [5.74, 6) is -1.94. The molecule has 14 heteroatoms. The number of halogens is 3. The summed E-state index contributed by atoms with van der Waals surface area (Å²) in [6.07, 6.45) is -1.00. The molecule has 0 radical (unpaired) electrons. The summed E-state index contributed by atoms with van der Waals surface area (Å²) in [7, 11) is -7.97. The zero-order chi connectivity index (χ0) is 29.9. The van der Waals surface area contributed by atoms with Crippen molar-refractivity contribution in [3.63, 3.8) is 0 Å². The van der Waals surface area contributed by atoms with Crippen LogP contribution in [0.1, 0.15) is 24.8 Å². The largest absolute Gasteiger partial charge is 0.486 e. The van der Waals surface area contributed by atoms with Crippen molar-refractivity contribution in [2.24, 2.45) is 5.14 Å². The highest BCUT2D eigenvalue weighted by Gasteiger charge is 2.35. The lowest BCUT2D eigenvalue weighted by molar-refractivity contribution is -0.119. The van der Waals surface area contributed by atoms with E-state index in [1.807, 2.05) is 0 Å². The number of aryl methyl sites for hydroxylation is 1. The molecule has 3 aromatic rings. The topological polar surface area (TPSA) is 133 Å². The van der Waals surface area contributed by atoms with Crippen LogP contribution in [0.25, 0.3) is 11.1 Å². The fourth-order valence-corrected chi connectivity index (χ4v) is 6.49. The van der Waals surface area contributed by atoms with Crippen LogP contribution in [-0.2, 0) is 24.8 Å². The first-order valence-corrected chi connectivity index (χ1v) is 15.5. The van der Waals surface area contributed by atoms with E-state index in [1.165, 1.54) is 36.4 Å². The summed E-state index contributed by atoms with van der Waals surface area (Å²) >= 11 is 0. The number of ether oxygens (including phenoxy) is 2. The Kier molecular flexibility index (Phi) is 8.94. The van der Waals surface area contributed by atoms with E-state index in [2.05, 4.69) is 4.74 Å². The lowest BCUT2D eigenvalue weighted by Gasteiger charge is -2.36. The van der Waals surface area contributed by atoms with E-state index in [0.29, 0.717) is 11.1 Å². The van der Waals surface area contributed by atoms with E-state index in [4.69, 9.17) is 9.88 Å². The van der Waals surface area contributed by atoms with E-state index < -0.39 is 50.1 Å². The maximum absolute atomic E-state index is 14.2. The molecule has 220 valence electrons. The SMILES string of the molecule is Cc1cccc(S(=O)(=O)N2C[C@H](CCC(=O)CCS(N)(=O)=O)Oc3ccc(-c4cc(F)cc(OC(F)F)c4)cc32)c1. The number of sulfonamides is 2. The van der Waals surface area contributed by atoms with Crippen LogP contribution in [0.4, 0.5) is 18.9 Å². The Morgan fingerprint density at radius 3 is 2.49 bits per heavy atom. The van der Waals surface area contributed by atoms with Gasteiger partial charge in [0.05, 0.1) is 22.9 Å². The number of hydrogen-bond donors (Lipinski definition) is 1. The average molecular weight is 613 g/mol. The zero-order valence-corrected chi connectivity index (χ0v) is 23.4. The molecule has 0 spiro atoms. The Hall–Kier alpha value is -3.62. The number of nitrogens with two attached hydrogens (primary N) is 1. The van der Waals surface area contributed by atoms with Gasteiger partial charge < -0.3 is 9.47 Å². The molecule has 4 rings (SSSR count). The third-order valence-corrected chi connectivity index (χ3v) is 8.86. The van der Waals surface area contributed by atoms with Gasteiger partial charge in [0, 0.05) is 18.9 Å². The van der Waals surface area contributed by atoms with Gasteiger partial charge in [0.1, 0.15) is 29.2 Å². The highest BCUT2D eigenvalue weighted by molar-refractivity contribution is 7.92. The van der Waals surface area contributed by atoms with Gasteiger partial charge in [0.15, 0.2) is 0 Å². The molecule has 0 fully saturated rings. The zero-order valence-electron chi connectivity index (χ0n) is 21.8. The number of benzene rings is 3. The van der Waals surface area contributed by atoms with Crippen LogP contribution in [-0.4, -0.2) is 47.6 Å². The summed E-state index contributed by atoms with van der Waals surface area (Å²) in [4.78, 5) is 12.3. The number of carbonyl (C=O) groups excluding carboxylic acids is 1. The maximum Gasteiger partial charge on any atom is 0.387 e. The van der Waals surface area contributed by atoms with Gasteiger partial charge in [-0.1, -0.05) is 18.2 Å². The molecule has 0 saturated carbocycles. The number of rotatable bonds is 11. The molecule has 0 bridgehead atoms. The van der Waals surface area contributed by atoms with Crippen molar-refractivity contribution < 1.29 is 44.3 Å². The molecule has 1 atom stereocenters. The second-order valence-electron chi connectivity index (χ2n) is 9.52. The van der Waals surface area contributed by atoms with Crippen LogP contribution in [0.2, 0.25) is 0 Å². The second-order valence-corrected chi connectivity index (χ2v) is 13.1. The minimum atomic E-state index is -4.16. The van der Waals surface area contributed by atoms with Gasteiger partial charge >= 0.3 is 6.61 Å². The number of Topliss-reactive ketones (excluding diaryl/α,β-unsaturated/α-hetero) is 1. The van der Waals surface area contributed by atoms with Gasteiger partial charge in [-0.15, -0.1) is 0 Å².